The molecule has 0 bridgehead atoms. The average molecular weight is 270 g/mol. The first kappa shape index (κ1) is 13.3. The van der Waals surface area contributed by atoms with Crippen LogP contribution in [-0.4, -0.2) is 27.2 Å². The highest BCUT2D eigenvalue weighted by atomic mass is 32.2. The molecular formula is C12H18N2O3S. The summed E-state index contributed by atoms with van der Waals surface area (Å²) >= 11 is 0. The van der Waals surface area contributed by atoms with Crippen molar-refractivity contribution < 1.29 is 13.2 Å². The third-order valence-corrected chi connectivity index (χ3v) is 4.28. The van der Waals surface area contributed by atoms with Crippen LogP contribution in [0.5, 0.6) is 0 Å². The zero-order valence-electron chi connectivity index (χ0n) is 10.5. The van der Waals surface area contributed by atoms with Gasteiger partial charge in [0.15, 0.2) is 0 Å². The largest absolute Gasteiger partial charge is 0.380 e. The predicted molar refractivity (Wildman–Crippen MR) is 70.0 cm³/mol. The maximum absolute atomic E-state index is 11.4. The molecule has 100 valence electrons. The number of benzene rings is 1. The van der Waals surface area contributed by atoms with Crippen molar-refractivity contribution in [3.05, 3.63) is 23.8 Å². The molecule has 1 fully saturated rings. The monoisotopic (exact) mass is 270 g/mol. The van der Waals surface area contributed by atoms with Gasteiger partial charge in [0.05, 0.1) is 17.0 Å². The van der Waals surface area contributed by atoms with Gasteiger partial charge in [-0.25, -0.2) is 13.6 Å². The van der Waals surface area contributed by atoms with Crippen molar-refractivity contribution in [2.45, 2.75) is 37.3 Å². The molecule has 2 atom stereocenters. The molecular weight excluding hydrogens is 252 g/mol. The van der Waals surface area contributed by atoms with Crippen LogP contribution in [0, 0.1) is 6.92 Å². The van der Waals surface area contributed by atoms with E-state index in [4.69, 9.17) is 9.88 Å². The van der Waals surface area contributed by atoms with E-state index in [-0.39, 0.29) is 17.0 Å². The first-order chi connectivity index (χ1) is 8.38. The molecule has 0 aliphatic carbocycles. The van der Waals surface area contributed by atoms with Gasteiger partial charge in [0, 0.05) is 12.3 Å². The number of nitrogens with two attached hydrogens (primary N) is 1. The fraction of sp³-hybridized carbons (Fsp3) is 0.500. The van der Waals surface area contributed by atoms with Crippen molar-refractivity contribution in [2.75, 3.05) is 11.9 Å². The Morgan fingerprint density at radius 2 is 2.17 bits per heavy atom. The first-order valence-electron chi connectivity index (χ1n) is 5.89. The molecule has 2 unspecified atom stereocenters. The number of rotatable bonds is 3. The summed E-state index contributed by atoms with van der Waals surface area (Å²) in [4.78, 5) is 0.166. The van der Waals surface area contributed by atoms with Gasteiger partial charge >= 0.3 is 0 Å². The number of hydrogen-bond donors (Lipinski definition) is 2. The summed E-state index contributed by atoms with van der Waals surface area (Å²) in [5, 5.41) is 8.47. The minimum absolute atomic E-state index is 0.129. The second-order valence-electron chi connectivity index (χ2n) is 4.64. The van der Waals surface area contributed by atoms with Gasteiger partial charge in [0.2, 0.25) is 10.0 Å². The molecule has 1 aliphatic rings. The van der Waals surface area contributed by atoms with Crippen molar-refractivity contribution in [1.82, 2.24) is 0 Å². The fourth-order valence-corrected chi connectivity index (χ4v) is 2.94. The highest BCUT2D eigenvalue weighted by Crippen LogP contribution is 2.23. The Hall–Kier alpha value is -1.11. The normalized spacial score (nSPS) is 24.2. The molecule has 1 aromatic carbocycles. The van der Waals surface area contributed by atoms with Crippen molar-refractivity contribution in [1.29, 1.82) is 0 Å². The van der Waals surface area contributed by atoms with Crippen molar-refractivity contribution >= 4 is 15.7 Å². The summed E-state index contributed by atoms with van der Waals surface area (Å²) in [5.74, 6) is 0. The number of primary sulfonamides is 1. The predicted octanol–water partition coefficient (Wildman–Crippen LogP) is 1.23. The second-order valence-corrected chi connectivity index (χ2v) is 6.17. The molecule has 3 N–H and O–H groups in total. The van der Waals surface area contributed by atoms with Crippen LogP contribution in [-0.2, 0) is 14.8 Å². The smallest absolute Gasteiger partial charge is 0.238 e. The number of nitrogens with one attached hydrogen (secondary N) is 1. The summed E-state index contributed by atoms with van der Waals surface area (Å²) in [7, 11) is -3.67. The molecule has 0 aromatic heterocycles. The minimum atomic E-state index is -3.67. The lowest BCUT2D eigenvalue weighted by Gasteiger charge is -2.18. The van der Waals surface area contributed by atoms with E-state index in [1.807, 2.05) is 13.0 Å². The van der Waals surface area contributed by atoms with Crippen LogP contribution in [0.25, 0.3) is 0 Å². The number of aryl methyl sites for hydroxylation is 1. The topological polar surface area (TPSA) is 81.4 Å². The van der Waals surface area contributed by atoms with Gasteiger partial charge in [-0.1, -0.05) is 6.07 Å². The van der Waals surface area contributed by atoms with Crippen molar-refractivity contribution in [2.24, 2.45) is 5.14 Å². The summed E-state index contributed by atoms with van der Waals surface area (Å²) in [6, 6.07) is 5.40. The van der Waals surface area contributed by atoms with Crippen molar-refractivity contribution in [3.8, 4) is 0 Å². The first-order valence-corrected chi connectivity index (χ1v) is 7.44. The van der Waals surface area contributed by atoms with Gasteiger partial charge in [-0.05, 0) is 38.0 Å². The Morgan fingerprint density at radius 3 is 2.72 bits per heavy atom. The van der Waals surface area contributed by atoms with Gasteiger partial charge in [-0.3, -0.25) is 0 Å². The number of anilines is 1. The van der Waals surface area contributed by atoms with Crippen LogP contribution >= 0.6 is 0 Å². The standard InChI is InChI=1S/C12H18N2O3S/c1-8-3-4-10(7-12(8)18(13,15)16)14-11-5-6-17-9(11)2/h3-4,7,9,11,14H,5-6H2,1-2H3,(H2,13,15,16). The van der Waals surface area contributed by atoms with E-state index in [2.05, 4.69) is 5.32 Å². The highest BCUT2D eigenvalue weighted by molar-refractivity contribution is 7.89. The summed E-state index contributed by atoms with van der Waals surface area (Å²) in [5.41, 5.74) is 1.41. The van der Waals surface area contributed by atoms with E-state index < -0.39 is 10.0 Å². The molecule has 1 heterocycles. The maximum Gasteiger partial charge on any atom is 0.238 e. The van der Waals surface area contributed by atoms with Crippen LogP contribution in [0.3, 0.4) is 0 Å². The van der Waals surface area contributed by atoms with E-state index >= 15 is 0 Å². The zero-order valence-corrected chi connectivity index (χ0v) is 11.3. The van der Waals surface area contributed by atoms with E-state index in [0.29, 0.717) is 5.56 Å². The van der Waals surface area contributed by atoms with Crippen LogP contribution in [0.15, 0.2) is 23.1 Å². The molecule has 0 spiro atoms. The van der Waals surface area contributed by atoms with Gasteiger partial charge in [-0.15, -0.1) is 0 Å². The summed E-state index contributed by atoms with van der Waals surface area (Å²) in [6.45, 7) is 4.46. The van der Waals surface area contributed by atoms with Gasteiger partial charge < -0.3 is 10.1 Å². The van der Waals surface area contributed by atoms with Gasteiger partial charge in [-0.2, -0.15) is 0 Å². The minimum Gasteiger partial charge on any atom is -0.380 e. The Labute approximate surface area is 107 Å². The summed E-state index contributed by atoms with van der Waals surface area (Å²) in [6.07, 6.45) is 1.05. The molecule has 1 aliphatic heterocycles. The third-order valence-electron chi connectivity index (χ3n) is 3.22. The molecule has 2 rings (SSSR count). The lowest BCUT2D eigenvalue weighted by molar-refractivity contribution is 0.121. The Kier molecular flexibility index (Phi) is 3.61. The van der Waals surface area contributed by atoms with Crippen LogP contribution in [0.4, 0.5) is 5.69 Å². The van der Waals surface area contributed by atoms with Gasteiger partial charge in [0.25, 0.3) is 0 Å². The maximum atomic E-state index is 11.4. The average Bonchev–Trinajstić information content (AvgIpc) is 2.66. The highest BCUT2D eigenvalue weighted by Gasteiger charge is 2.24. The molecule has 0 amide bonds. The Morgan fingerprint density at radius 1 is 1.44 bits per heavy atom. The second kappa shape index (κ2) is 4.87. The Balaban J connectivity index is 2.25. The van der Waals surface area contributed by atoms with E-state index in [1.54, 1.807) is 19.1 Å². The van der Waals surface area contributed by atoms with E-state index in [0.717, 1.165) is 18.7 Å². The molecule has 1 aromatic rings. The van der Waals surface area contributed by atoms with Crippen LogP contribution in [0.2, 0.25) is 0 Å². The molecule has 1 saturated heterocycles. The molecule has 18 heavy (non-hydrogen) atoms. The van der Waals surface area contributed by atoms with E-state index in [9.17, 15) is 8.42 Å². The van der Waals surface area contributed by atoms with E-state index in [1.165, 1.54) is 0 Å². The molecule has 6 heteroatoms. The third kappa shape index (κ3) is 2.82. The van der Waals surface area contributed by atoms with Crippen molar-refractivity contribution in [3.63, 3.8) is 0 Å². The Bertz CT molecular complexity index is 542. The molecule has 0 radical (unpaired) electrons. The van der Waals surface area contributed by atoms with Crippen LogP contribution in [0.1, 0.15) is 18.9 Å². The van der Waals surface area contributed by atoms with Crippen LogP contribution < -0.4 is 10.5 Å². The number of hydrogen-bond acceptors (Lipinski definition) is 4. The molecule has 0 saturated carbocycles. The number of ether oxygens (including phenoxy) is 1. The quantitative estimate of drug-likeness (QED) is 0.865. The lowest BCUT2D eigenvalue weighted by Crippen LogP contribution is -2.26. The van der Waals surface area contributed by atoms with Gasteiger partial charge in [0.1, 0.15) is 0 Å². The SMILES string of the molecule is Cc1ccc(NC2CCOC2C)cc1S(N)(=O)=O. The fourth-order valence-electron chi connectivity index (χ4n) is 2.13. The number of sulfonamides is 1. The molecule has 5 nitrogen and oxygen atoms in total. The lowest BCUT2D eigenvalue weighted by atomic mass is 10.1. The zero-order chi connectivity index (χ0) is 13.3. The summed E-state index contributed by atoms with van der Waals surface area (Å²) < 4.78 is 28.3.